The van der Waals surface area contributed by atoms with Crippen molar-refractivity contribution in [2.24, 2.45) is 0 Å². The standard InChI is InChI=1S/C24H27N3O3/c1-26(14-11-19-7-3-5-9-22(19)27-15-12-20(28)16-27)23(29)17-30-24-21-8-4-2-6-18(21)10-13-25-24/h2-10,13,20,28H,11-12,14-17H2,1H3/t20-/m0/s1. The smallest absolute Gasteiger partial charge is 0.260 e. The molecule has 0 unspecified atom stereocenters. The lowest BCUT2D eigenvalue weighted by molar-refractivity contribution is -0.132. The number of aliphatic hydroxyl groups is 1. The summed E-state index contributed by atoms with van der Waals surface area (Å²) in [5.74, 6) is 0.395. The maximum Gasteiger partial charge on any atom is 0.260 e. The van der Waals surface area contributed by atoms with Crippen molar-refractivity contribution in [3.63, 3.8) is 0 Å². The Kier molecular flexibility index (Phi) is 6.14. The molecule has 6 nitrogen and oxygen atoms in total. The van der Waals surface area contributed by atoms with Gasteiger partial charge in [-0.3, -0.25) is 4.79 Å². The molecule has 30 heavy (non-hydrogen) atoms. The van der Waals surface area contributed by atoms with Crippen LogP contribution >= 0.6 is 0 Å². The van der Waals surface area contributed by atoms with E-state index < -0.39 is 0 Å². The van der Waals surface area contributed by atoms with Gasteiger partial charge in [0.15, 0.2) is 6.61 Å². The van der Waals surface area contributed by atoms with Crippen LogP contribution in [0.4, 0.5) is 5.69 Å². The molecule has 4 rings (SSSR count). The van der Waals surface area contributed by atoms with Crippen LogP contribution in [0.1, 0.15) is 12.0 Å². The maximum atomic E-state index is 12.6. The van der Waals surface area contributed by atoms with Crippen LogP contribution in [0, 0.1) is 0 Å². The van der Waals surface area contributed by atoms with Gasteiger partial charge >= 0.3 is 0 Å². The number of hydrogen-bond donors (Lipinski definition) is 1. The van der Waals surface area contributed by atoms with Gasteiger partial charge < -0.3 is 19.6 Å². The zero-order chi connectivity index (χ0) is 20.9. The van der Waals surface area contributed by atoms with Crippen LogP contribution in [0.3, 0.4) is 0 Å². The van der Waals surface area contributed by atoms with E-state index in [1.807, 2.05) is 42.5 Å². The molecule has 0 spiro atoms. The number of rotatable bonds is 7. The van der Waals surface area contributed by atoms with Gasteiger partial charge in [-0.1, -0.05) is 36.4 Å². The highest BCUT2D eigenvalue weighted by molar-refractivity contribution is 5.87. The number of aliphatic hydroxyl groups excluding tert-OH is 1. The van der Waals surface area contributed by atoms with E-state index in [9.17, 15) is 9.90 Å². The summed E-state index contributed by atoms with van der Waals surface area (Å²) in [6.45, 7) is 2.08. The van der Waals surface area contributed by atoms with E-state index >= 15 is 0 Å². The summed E-state index contributed by atoms with van der Waals surface area (Å²) in [6.07, 6.45) is 2.98. The number of ether oxygens (including phenoxy) is 1. The molecular formula is C24H27N3O3. The van der Waals surface area contributed by atoms with E-state index in [1.165, 1.54) is 5.56 Å². The van der Waals surface area contributed by atoms with E-state index in [0.717, 1.165) is 35.8 Å². The van der Waals surface area contributed by atoms with Crippen molar-refractivity contribution in [3.05, 3.63) is 66.4 Å². The Morgan fingerprint density at radius 3 is 2.83 bits per heavy atom. The average Bonchev–Trinajstić information content (AvgIpc) is 3.22. The number of pyridine rings is 1. The Balaban J connectivity index is 1.34. The van der Waals surface area contributed by atoms with Gasteiger partial charge in [0.05, 0.1) is 6.10 Å². The molecule has 2 heterocycles. The number of amides is 1. The van der Waals surface area contributed by atoms with Gasteiger partial charge in [-0.25, -0.2) is 4.98 Å². The lowest BCUT2D eigenvalue weighted by atomic mass is 10.1. The lowest BCUT2D eigenvalue weighted by Crippen LogP contribution is -2.33. The van der Waals surface area contributed by atoms with Crippen LogP contribution in [0.5, 0.6) is 5.88 Å². The Bertz CT molecular complexity index is 1020. The van der Waals surface area contributed by atoms with Gasteiger partial charge in [-0.2, -0.15) is 0 Å². The monoisotopic (exact) mass is 405 g/mol. The molecule has 1 atom stereocenters. The van der Waals surface area contributed by atoms with Crippen LogP contribution in [-0.4, -0.2) is 60.3 Å². The number of para-hydroxylation sites is 1. The Hall–Kier alpha value is -3.12. The van der Waals surface area contributed by atoms with E-state index in [-0.39, 0.29) is 18.6 Å². The number of β-amino-alcohol motifs (C(OH)–C–C–N with tert-alkyl or cyclic N) is 1. The van der Waals surface area contributed by atoms with Gasteiger partial charge in [0.2, 0.25) is 5.88 Å². The second kappa shape index (κ2) is 9.13. The summed E-state index contributed by atoms with van der Waals surface area (Å²) < 4.78 is 5.73. The fraction of sp³-hybridized carbons (Fsp3) is 0.333. The number of aromatic nitrogens is 1. The molecule has 0 radical (unpaired) electrons. The minimum Gasteiger partial charge on any atom is -0.467 e. The topological polar surface area (TPSA) is 65.9 Å². The third kappa shape index (κ3) is 4.54. The normalized spacial score (nSPS) is 16.1. The van der Waals surface area contributed by atoms with Crippen LogP contribution in [0.2, 0.25) is 0 Å². The predicted molar refractivity (Wildman–Crippen MR) is 118 cm³/mol. The second-order valence-electron chi connectivity index (χ2n) is 7.71. The Morgan fingerprint density at radius 2 is 2.00 bits per heavy atom. The first-order valence-electron chi connectivity index (χ1n) is 10.3. The van der Waals surface area contributed by atoms with Gasteiger partial charge in [0.1, 0.15) is 0 Å². The van der Waals surface area contributed by atoms with Crippen LogP contribution in [0.15, 0.2) is 60.8 Å². The number of benzene rings is 2. The predicted octanol–water partition coefficient (Wildman–Crippen LogP) is 2.89. The highest BCUT2D eigenvalue weighted by atomic mass is 16.5. The molecule has 1 saturated heterocycles. The van der Waals surface area contributed by atoms with Crippen LogP contribution in [0.25, 0.3) is 10.8 Å². The number of hydrogen-bond acceptors (Lipinski definition) is 5. The van der Waals surface area contributed by atoms with Gasteiger partial charge in [0.25, 0.3) is 5.91 Å². The summed E-state index contributed by atoms with van der Waals surface area (Å²) >= 11 is 0. The molecule has 0 aliphatic carbocycles. The molecule has 3 aromatic rings. The molecule has 6 heteroatoms. The van der Waals surface area contributed by atoms with Crippen molar-refractivity contribution in [3.8, 4) is 5.88 Å². The minimum absolute atomic E-state index is 0.0442. The fourth-order valence-electron chi connectivity index (χ4n) is 3.85. The van der Waals surface area contributed by atoms with Crippen molar-refractivity contribution in [2.45, 2.75) is 18.9 Å². The Morgan fingerprint density at radius 1 is 1.20 bits per heavy atom. The van der Waals surface area contributed by atoms with Crippen molar-refractivity contribution >= 4 is 22.4 Å². The summed E-state index contributed by atoms with van der Waals surface area (Å²) in [5.41, 5.74) is 2.33. The third-order valence-electron chi connectivity index (χ3n) is 5.61. The SMILES string of the molecule is CN(CCc1ccccc1N1CC[C@H](O)C1)C(=O)COc1nccc2ccccc12. The van der Waals surface area contributed by atoms with Crippen molar-refractivity contribution < 1.29 is 14.6 Å². The number of carbonyl (C=O) groups excluding carboxylic acids is 1. The molecule has 156 valence electrons. The van der Waals surface area contributed by atoms with Crippen molar-refractivity contribution in [1.82, 2.24) is 9.88 Å². The molecule has 1 N–H and O–H groups in total. The molecule has 1 fully saturated rings. The molecular weight excluding hydrogens is 378 g/mol. The zero-order valence-corrected chi connectivity index (χ0v) is 17.2. The highest BCUT2D eigenvalue weighted by Gasteiger charge is 2.22. The summed E-state index contributed by atoms with van der Waals surface area (Å²) in [5, 5.41) is 11.8. The van der Waals surface area contributed by atoms with E-state index in [2.05, 4.69) is 22.0 Å². The first kappa shape index (κ1) is 20.2. The highest BCUT2D eigenvalue weighted by Crippen LogP contribution is 2.25. The fourth-order valence-corrected chi connectivity index (χ4v) is 3.85. The van der Waals surface area contributed by atoms with Crippen molar-refractivity contribution in [2.75, 3.05) is 38.2 Å². The van der Waals surface area contributed by atoms with Gasteiger partial charge in [-0.15, -0.1) is 0 Å². The van der Waals surface area contributed by atoms with Crippen LogP contribution < -0.4 is 9.64 Å². The zero-order valence-electron chi connectivity index (χ0n) is 17.2. The second-order valence-corrected chi connectivity index (χ2v) is 7.71. The number of likely N-dealkylation sites (N-methyl/N-ethyl adjacent to an activating group) is 1. The van der Waals surface area contributed by atoms with Crippen LogP contribution in [-0.2, 0) is 11.2 Å². The number of carbonyl (C=O) groups is 1. The Labute approximate surface area is 176 Å². The quantitative estimate of drug-likeness (QED) is 0.655. The third-order valence-corrected chi connectivity index (χ3v) is 5.61. The molecule has 1 aliphatic rings. The van der Waals surface area contributed by atoms with Crippen molar-refractivity contribution in [1.29, 1.82) is 0 Å². The number of fused-ring (bicyclic) bond motifs is 1. The summed E-state index contributed by atoms with van der Waals surface area (Å²) in [6, 6.07) is 18.0. The van der Waals surface area contributed by atoms with Gasteiger partial charge in [-0.05, 0) is 42.0 Å². The average molecular weight is 405 g/mol. The minimum atomic E-state index is -0.262. The molecule has 1 amide bonds. The van der Waals surface area contributed by atoms with E-state index in [0.29, 0.717) is 19.0 Å². The summed E-state index contributed by atoms with van der Waals surface area (Å²) in [7, 11) is 1.80. The molecule has 0 bridgehead atoms. The number of nitrogens with zero attached hydrogens (tertiary/aromatic N) is 3. The molecule has 2 aromatic carbocycles. The largest absolute Gasteiger partial charge is 0.467 e. The summed E-state index contributed by atoms with van der Waals surface area (Å²) in [4.78, 5) is 20.8. The molecule has 1 aliphatic heterocycles. The lowest BCUT2D eigenvalue weighted by Gasteiger charge is -2.23. The maximum absolute atomic E-state index is 12.6. The first-order valence-corrected chi connectivity index (χ1v) is 10.3. The van der Waals surface area contributed by atoms with E-state index in [1.54, 1.807) is 18.1 Å². The molecule has 0 saturated carbocycles. The molecule has 1 aromatic heterocycles. The van der Waals surface area contributed by atoms with E-state index in [4.69, 9.17) is 4.74 Å². The first-order chi connectivity index (χ1) is 14.6. The van der Waals surface area contributed by atoms with Gasteiger partial charge in [0, 0.05) is 44.0 Å². The number of anilines is 1.